The van der Waals surface area contributed by atoms with E-state index in [0.29, 0.717) is 18.7 Å². The molecule has 6 nitrogen and oxygen atoms in total. The maximum absolute atomic E-state index is 14.4. The lowest BCUT2D eigenvalue weighted by atomic mass is 9.79. The summed E-state index contributed by atoms with van der Waals surface area (Å²) in [5.41, 5.74) is 10.8. The third kappa shape index (κ3) is 8.23. The Morgan fingerprint density at radius 1 is 0.692 bits per heavy atom. The Morgan fingerprint density at radius 3 is 1.65 bits per heavy atom. The zero-order valence-electron chi connectivity index (χ0n) is 29.1. The third-order valence-corrected chi connectivity index (χ3v) is 9.55. The quantitative estimate of drug-likeness (QED) is 0.0874. The summed E-state index contributed by atoms with van der Waals surface area (Å²) < 4.78 is 27.2. The van der Waals surface area contributed by atoms with Crippen molar-refractivity contribution in [2.75, 3.05) is 12.4 Å². The van der Waals surface area contributed by atoms with Gasteiger partial charge in [-0.3, -0.25) is 4.79 Å². The van der Waals surface area contributed by atoms with Gasteiger partial charge in [-0.05, 0) is 82.6 Å². The lowest BCUT2D eigenvalue weighted by Crippen LogP contribution is -2.35. The van der Waals surface area contributed by atoms with E-state index in [2.05, 4.69) is 5.32 Å². The number of nitrogens with two attached hydrogens (primary N) is 1. The molecule has 6 aromatic carbocycles. The van der Waals surface area contributed by atoms with Crippen LogP contribution in [0.25, 0.3) is 0 Å². The molecule has 264 valence electrons. The van der Waals surface area contributed by atoms with Crippen LogP contribution >= 0.6 is 0 Å². The summed E-state index contributed by atoms with van der Waals surface area (Å²) in [6.07, 6.45) is -0.0864. The highest BCUT2D eigenvalue weighted by molar-refractivity contribution is 5.72. The Hall–Kier alpha value is -5.76. The fraction of sp³-hybridized carbons (Fsp3) is 0.178. The molecule has 2 unspecified atom stereocenters. The van der Waals surface area contributed by atoms with Gasteiger partial charge in [0.05, 0.1) is 25.2 Å². The van der Waals surface area contributed by atoms with E-state index in [-0.39, 0.29) is 12.2 Å². The number of nitrogens with one attached hydrogen (secondary N) is 1. The number of ether oxygens (including phenoxy) is 2. The Bertz CT molecular complexity index is 1890. The molecule has 0 radical (unpaired) electrons. The van der Waals surface area contributed by atoms with Crippen LogP contribution in [0, 0.1) is 11.7 Å². The van der Waals surface area contributed by atoms with Gasteiger partial charge in [0.1, 0.15) is 17.2 Å². The zero-order chi connectivity index (χ0) is 36.3. The van der Waals surface area contributed by atoms with Crippen molar-refractivity contribution in [3.63, 3.8) is 0 Å². The van der Waals surface area contributed by atoms with Crippen LogP contribution in [0.5, 0.6) is 5.75 Å². The van der Waals surface area contributed by atoms with Crippen LogP contribution in [-0.2, 0) is 21.7 Å². The molecule has 7 heteroatoms. The number of anilines is 1. The maximum Gasteiger partial charge on any atom is 0.308 e. The summed E-state index contributed by atoms with van der Waals surface area (Å²) in [7, 11) is 1.60. The highest BCUT2D eigenvalue weighted by Gasteiger charge is 2.41. The van der Waals surface area contributed by atoms with Crippen molar-refractivity contribution in [1.29, 1.82) is 0 Å². The molecule has 0 amide bonds. The van der Waals surface area contributed by atoms with Gasteiger partial charge in [-0.1, -0.05) is 127 Å². The monoisotopic (exact) mass is 694 g/mol. The normalized spacial score (nSPS) is 13.1. The second-order valence-electron chi connectivity index (χ2n) is 12.8. The topological polar surface area (TPSA) is 93.8 Å². The first kappa shape index (κ1) is 36.0. The van der Waals surface area contributed by atoms with E-state index in [0.717, 1.165) is 39.1 Å². The molecule has 52 heavy (non-hydrogen) atoms. The van der Waals surface area contributed by atoms with Gasteiger partial charge in [0.2, 0.25) is 0 Å². The predicted molar refractivity (Wildman–Crippen MR) is 203 cm³/mol. The molecule has 0 saturated carbocycles. The highest BCUT2D eigenvalue weighted by Crippen LogP contribution is 2.46. The van der Waals surface area contributed by atoms with Crippen LogP contribution in [0.4, 0.5) is 10.1 Å². The van der Waals surface area contributed by atoms with Crippen molar-refractivity contribution >= 4 is 11.7 Å². The van der Waals surface area contributed by atoms with Crippen LogP contribution in [0.15, 0.2) is 164 Å². The SMILES string of the molecule is COc1ccc([C@@H](Nc2ccc(CN)cc2)C(CCC(OC(c2ccccc2)(c2ccccc2)c2ccccc2)c2ccc(F)cc2)C(=O)O)cc1. The van der Waals surface area contributed by atoms with Crippen LogP contribution in [0.2, 0.25) is 0 Å². The molecule has 6 rings (SSSR count). The molecular weight excluding hydrogens is 652 g/mol. The Balaban J connectivity index is 1.43. The standard InChI is InChI=1S/C45H43FN2O4/c1-51-40-27-21-34(22-28-40)43(48-39-25-17-32(31-47)18-26-39)41(44(49)50)29-30-42(33-19-23-38(46)24-20-33)52-45(35-11-5-2-6-12-35,36-13-7-3-8-14-36)37-15-9-4-10-16-37/h2-28,41-43,48H,29-31,47H2,1H3,(H,49,50)/t41?,42?,43-/m1/s1. The maximum atomic E-state index is 14.4. The van der Waals surface area contributed by atoms with E-state index in [4.69, 9.17) is 15.2 Å². The van der Waals surface area contributed by atoms with E-state index in [1.807, 2.05) is 140 Å². The first-order chi connectivity index (χ1) is 25.4. The van der Waals surface area contributed by atoms with Crippen molar-refractivity contribution in [1.82, 2.24) is 0 Å². The smallest absolute Gasteiger partial charge is 0.308 e. The van der Waals surface area contributed by atoms with Gasteiger partial charge in [-0.2, -0.15) is 0 Å². The van der Waals surface area contributed by atoms with E-state index in [9.17, 15) is 14.3 Å². The van der Waals surface area contributed by atoms with Crippen molar-refractivity contribution < 1.29 is 23.8 Å². The molecule has 0 spiro atoms. The van der Waals surface area contributed by atoms with E-state index >= 15 is 0 Å². The highest BCUT2D eigenvalue weighted by atomic mass is 19.1. The van der Waals surface area contributed by atoms with Crippen LogP contribution < -0.4 is 15.8 Å². The first-order valence-electron chi connectivity index (χ1n) is 17.4. The molecule has 0 aliphatic rings. The molecule has 4 N–H and O–H groups in total. The van der Waals surface area contributed by atoms with E-state index < -0.39 is 29.6 Å². The van der Waals surface area contributed by atoms with Gasteiger partial charge in [0.15, 0.2) is 0 Å². The second-order valence-corrected chi connectivity index (χ2v) is 12.8. The van der Waals surface area contributed by atoms with Crippen LogP contribution in [-0.4, -0.2) is 18.2 Å². The molecule has 0 heterocycles. The van der Waals surface area contributed by atoms with Crippen molar-refractivity contribution in [3.8, 4) is 5.75 Å². The number of rotatable bonds is 16. The number of benzene rings is 6. The summed E-state index contributed by atoms with van der Waals surface area (Å²) in [5.74, 6) is -1.53. The average Bonchev–Trinajstić information content (AvgIpc) is 3.20. The average molecular weight is 695 g/mol. The van der Waals surface area contributed by atoms with Gasteiger partial charge in [-0.25, -0.2) is 4.39 Å². The van der Waals surface area contributed by atoms with Gasteiger partial charge in [0.25, 0.3) is 0 Å². The summed E-state index contributed by atoms with van der Waals surface area (Å²) in [5, 5.41) is 14.4. The molecule has 3 atom stereocenters. The number of methoxy groups -OCH3 is 1. The number of aliphatic carboxylic acids is 1. The van der Waals surface area contributed by atoms with Crippen molar-refractivity contribution in [3.05, 3.63) is 203 Å². The molecule has 0 aromatic heterocycles. The number of hydrogen-bond acceptors (Lipinski definition) is 5. The lowest BCUT2D eigenvalue weighted by Gasteiger charge is -2.39. The van der Waals surface area contributed by atoms with Crippen molar-refractivity contribution in [2.45, 2.75) is 37.1 Å². The lowest BCUT2D eigenvalue weighted by molar-refractivity contribution is -0.143. The number of carbonyl (C=O) groups is 1. The molecule has 0 aliphatic heterocycles. The van der Waals surface area contributed by atoms with Gasteiger partial charge < -0.3 is 25.6 Å². The first-order valence-corrected chi connectivity index (χ1v) is 17.4. The van der Waals surface area contributed by atoms with Gasteiger partial charge >= 0.3 is 5.97 Å². The Labute approximate surface area is 304 Å². The summed E-state index contributed by atoms with van der Waals surface area (Å²) in [4.78, 5) is 13.3. The summed E-state index contributed by atoms with van der Waals surface area (Å²) in [6.45, 7) is 0.404. The molecule has 0 saturated heterocycles. The zero-order valence-corrected chi connectivity index (χ0v) is 29.1. The van der Waals surface area contributed by atoms with Gasteiger partial charge in [0, 0.05) is 12.2 Å². The number of carboxylic acids is 1. The molecule has 6 aromatic rings. The Morgan fingerprint density at radius 2 is 1.19 bits per heavy atom. The molecule has 0 aliphatic carbocycles. The van der Waals surface area contributed by atoms with E-state index in [1.54, 1.807) is 19.2 Å². The largest absolute Gasteiger partial charge is 0.497 e. The predicted octanol–water partition coefficient (Wildman–Crippen LogP) is 9.68. The molecular formula is C45H43FN2O4. The minimum Gasteiger partial charge on any atom is -0.497 e. The fourth-order valence-corrected chi connectivity index (χ4v) is 6.81. The molecule has 0 fully saturated rings. The molecule has 0 bridgehead atoms. The Kier molecular flexibility index (Phi) is 11.8. The minimum atomic E-state index is -1.08. The number of halogens is 1. The van der Waals surface area contributed by atoms with Gasteiger partial charge in [-0.15, -0.1) is 0 Å². The fourth-order valence-electron chi connectivity index (χ4n) is 6.81. The van der Waals surface area contributed by atoms with Crippen LogP contribution in [0.1, 0.15) is 58.4 Å². The van der Waals surface area contributed by atoms with Crippen LogP contribution in [0.3, 0.4) is 0 Å². The number of hydrogen-bond donors (Lipinski definition) is 3. The number of carboxylic acid groups (broad SMARTS) is 1. The summed E-state index contributed by atoms with van der Waals surface area (Å²) in [6, 6.07) is 50.9. The summed E-state index contributed by atoms with van der Waals surface area (Å²) >= 11 is 0. The third-order valence-electron chi connectivity index (χ3n) is 9.55. The van der Waals surface area contributed by atoms with Crippen molar-refractivity contribution in [2.24, 2.45) is 11.7 Å². The minimum absolute atomic E-state index is 0.233. The van der Waals surface area contributed by atoms with E-state index in [1.165, 1.54) is 12.1 Å². The second kappa shape index (κ2) is 17.0.